The summed E-state index contributed by atoms with van der Waals surface area (Å²) in [6.07, 6.45) is 3.55. The van der Waals surface area contributed by atoms with Gasteiger partial charge in [-0.1, -0.05) is 0 Å². The molecule has 1 atom stereocenters. The number of nitrogens with one attached hydrogen (secondary N) is 1. The molecule has 0 aliphatic carbocycles. The van der Waals surface area contributed by atoms with Crippen molar-refractivity contribution in [1.82, 2.24) is 19.8 Å². The van der Waals surface area contributed by atoms with E-state index in [-0.39, 0.29) is 11.9 Å². The van der Waals surface area contributed by atoms with Crippen molar-refractivity contribution in [1.29, 1.82) is 0 Å². The number of ether oxygens (including phenoxy) is 1. The number of aromatic amines is 1. The number of imidazole rings is 1. The molecule has 1 saturated heterocycles. The Balaban J connectivity index is 1.79. The molecule has 0 aromatic carbocycles. The number of piperazine rings is 1. The second kappa shape index (κ2) is 5.87. The molecule has 21 heavy (non-hydrogen) atoms. The van der Waals surface area contributed by atoms with Crippen LogP contribution in [0.1, 0.15) is 21.5 Å². The van der Waals surface area contributed by atoms with Crippen LogP contribution in [-0.2, 0) is 0 Å². The lowest BCUT2D eigenvalue weighted by Crippen LogP contribution is -2.49. The number of carbonyl (C=O) groups is 1. The summed E-state index contributed by atoms with van der Waals surface area (Å²) in [6, 6.07) is 1.93. The average molecular weight is 306 g/mol. The Morgan fingerprint density at radius 2 is 2.38 bits per heavy atom. The van der Waals surface area contributed by atoms with Crippen LogP contribution >= 0.6 is 11.3 Å². The van der Waals surface area contributed by atoms with Gasteiger partial charge in [0.05, 0.1) is 13.2 Å². The van der Waals surface area contributed by atoms with E-state index < -0.39 is 0 Å². The van der Waals surface area contributed by atoms with Crippen molar-refractivity contribution in [2.75, 3.05) is 33.8 Å². The highest BCUT2D eigenvalue weighted by atomic mass is 32.1. The first-order valence-corrected chi connectivity index (χ1v) is 7.69. The van der Waals surface area contributed by atoms with Crippen molar-refractivity contribution in [3.8, 4) is 5.75 Å². The molecule has 3 heterocycles. The van der Waals surface area contributed by atoms with E-state index in [0.29, 0.717) is 23.7 Å². The second-order valence-corrected chi connectivity index (χ2v) is 5.96. The lowest BCUT2D eigenvalue weighted by atomic mass is 10.1. The monoisotopic (exact) mass is 306 g/mol. The Bertz CT molecular complexity index is 610. The van der Waals surface area contributed by atoms with Crippen LogP contribution in [0.2, 0.25) is 0 Å². The molecule has 0 bridgehead atoms. The van der Waals surface area contributed by atoms with Gasteiger partial charge in [-0.05, 0) is 18.5 Å². The Hall–Kier alpha value is -1.86. The molecule has 0 radical (unpaired) electrons. The largest absolute Gasteiger partial charge is 0.495 e. The number of H-pyrrole nitrogens is 1. The molecule has 112 valence electrons. The van der Waals surface area contributed by atoms with Crippen LogP contribution in [0.3, 0.4) is 0 Å². The predicted octanol–water partition coefficient (Wildman–Crippen LogP) is 1.61. The van der Waals surface area contributed by atoms with Gasteiger partial charge in [0, 0.05) is 32.0 Å². The van der Waals surface area contributed by atoms with Crippen LogP contribution in [-0.4, -0.2) is 59.5 Å². The van der Waals surface area contributed by atoms with E-state index >= 15 is 0 Å². The number of hydrogen-bond donors (Lipinski definition) is 1. The average Bonchev–Trinajstić information content (AvgIpc) is 3.18. The zero-order valence-electron chi connectivity index (χ0n) is 12.1. The first kappa shape index (κ1) is 14.1. The first-order chi connectivity index (χ1) is 10.2. The van der Waals surface area contributed by atoms with Crippen LogP contribution in [0, 0.1) is 0 Å². The molecule has 6 nitrogen and oxygen atoms in total. The van der Waals surface area contributed by atoms with Gasteiger partial charge in [0.25, 0.3) is 5.91 Å². The summed E-state index contributed by atoms with van der Waals surface area (Å²) >= 11 is 1.42. The summed E-state index contributed by atoms with van der Waals surface area (Å²) in [5, 5.41) is 1.88. The molecule has 3 rings (SSSR count). The zero-order valence-corrected chi connectivity index (χ0v) is 12.9. The molecular formula is C14H18N4O2S. The molecule has 0 saturated carbocycles. The van der Waals surface area contributed by atoms with Crippen molar-refractivity contribution < 1.29 is 9.53 Å². The fourth-order valence-electron chi connectivity index (χ4n) is 2.57. The summed E-state index contributed by atoms with van der Waals surface area (Å²) in [5.41, 5.74) is 0. The van der Waals surface area contributed by atoms with E-state index in [0.717, 1.165) is 12.4 Å². The molecule has 1 aliphatic heterocycles. The van der Waals surface area contributed by atoms with Crippen molar-refractivity contribution in [3.63, 3.8) is 0 Å². The number of amides is 1. The smallest absolute Gasteiger partial charge is 0.267 e. The molecule has 1 amide bonds. The van der Waals surface area contributed by atoms with Crippen LogP contribution in [0.4, 0.5) is 0 Å². The number of thiophene rings is 1. The molecule has 2 aromatic rings. The third kappa shape index (κ3) is 2.66. The molecule has 0 spiro atoms. The fraction of sp³-hybridized carbons (Fsp3) is 0.429. The maximum absolute atomic E-state index is 12.7. The minimum atomic E-state index is 0.0338. The van der Waals surface area contributed by atoms with Gasteiger partial charge in [-0.15, -0.1) is 11.3 Å². The van der Waals surface area contributed by atoms with Gasteiger partial charge in [0.2, 0.25) is 0 Å². The van der Waals surface area contributed by atoms with Gasteiger partial charge in [-0.3, -0.25) is 9.69 Å². The Labute approximate surface area is 127 Å². The summed E-state index contributed by atoms with van der Waals surface area (Å²) in [5.74, 6) is 1.58. The third-order valence-corrected chi connectivity index (χ3v) is 4.70. The summed E-state index contributed by atoms with van der Waals surface area (Å²) in [6.45, 7) is 2.17. The van der Waals surface area contributed by atoms with Crippen LogP contribution in [0.5, 0.6) is 5.75 Å². The molecule has 1 aliphatic rings. The lowest BCUT2D eigenvalue weighted by Gasteiger charge is -2.38. The van der Waals surface area contributed by atoms with E-state index in [9.17, 15) is 4.79 Å². The quantitative estimate of drug-likeness (QED) is 0.936. The molecule has 7 heteroatoms. The summed E-state index contributed by atoms with van der Waals surface area (Å²) in [7, 11) is 3.65. The molecule has 1 fully saturated rings. The Morgan fingerprint density at radius 3 is 3.10 bits per heavy atom. The standard InChI is InChI=1S/C14H18N4O2S/c1-17-6-7-18(9-10(17)13-15-4-5-16-13)14(19)12-11(20-2)3-8-21-12/h3-5,8,10H,6-7,9H2,1-2H3,(H,15,16)/t10-/m0/s1. The van der Waals surface area contributed by atoms with Crippen molar-refractivity contribution >= 4 is 17.2 Å². The topological polar surface area (TPSA) is 61.5 Å². The third-order valence-electron chi connectivity index (χ3n) is 3.81. The summed E-state index contributed by atoms with van der Waals surface area (Å²) < 4.78 is 5.25. The zero-order chi connectivity index (χ0) is 14.8. The number of nitrogens with zero attached hydrogens (tertiary/aromatic N) is 3. The van der Waals surface area contributed by atoms with Crippen LogP contribution in [0.25, 0.3) is 0 Å². The Kier molecular flexibility index (Phi) is 3.94. The number of methoxy groups -OCH3 is 1. The fourth-order valence-corrected chi connectivity index (χ4v) is 3.40. The van der Waals surface area contributed by atoms with Gasteiger partial charge in [0.15, 0.2) is 0 Å². The number of carbonyl (C=O) groups excluding carboxylic acids is 1. The van der Waals surface area contributed by atoms with Crippen molar-refractivity contribution in [2.24, 2.45) is 0 Å². The number of rotatable bonds is 3. The van der Waals surface area contributed by atoms with Crippen LogP contribution < -0.4 is 4.74 Å². The molecular weight excluding hydrogens is 288 g/mol. The second-order valence-electron chi connectivity index (χ2n) is 5.04. The van der Waals surface area contributed by atoms with Gasteiger partial charge < -0.3 is 14.6 Å². The van der Waals surface area contributed by atoms with E-state index in [1.807, 2.05) is 22.5 Å². The maximum Gasteiger partial charge on any atom is 0.267 e. The van der Waals surface area contributed by atoms with E-state index in [1.54, 1.807) is 13.3 Å². The van der Waals surface area contributed by atoms with Crippen LogP contribution in [0.15, 0.2) is 23.8 Å². The van der Waals surface area contributed by atoms with Gasteiger partial charge >= 0.3 is 0 Å². The van der Waals surface area contributed by atoms with Gasteiger partial charge in [-0.2, -0.15) is 0 Å². The van der Waals surface area contributed by atoms with Gasteiger partial charge in [-0.25, -0.2) is 4.98 Å². The van der Waals surface area contributed by atoms with E-state index in [1.165, 1.54) is 11.3 Å². The highest BCUT2D eigenvalue weighted by Gasteiger charge is 2.31. The van der Waals surface area contributed by atoms with E-state index in [4.69, 9.17) is 4.74 Å². The number of likely N-dealkylation sites (N-methyl/N-ethyl adjacent to an activating group) is 1. The van der Waals surface area contributed by atoms with Gasteiger partial charge in [0.1, 0.15) is 16.5 Å². The lowest BCUT2D eigenvalue weighted by molar-refractivity contribution is 0.0536. The first-order valence-electron chi connectivity index (χ1n) is 6.81. The number of hydrogen-bond acceptors (Lipinski definition) is 5. The maximum atomic E-state index is 12.7. The Morgan fingerprint density at radius 1 is 1.52 bits per heavy atom. The number of aromatic nitrogens is 2. The summed E-state index contributed by atoms with van der Waals surface area (Å²) in [4.78, 5) is 24.9. The SMILES string of the molecule is COc1ccsc1C(=O)N1CCN(C)[C@H](c2ncc[nH]2)C1. The predicted molar refractivity (Wildman–Crippen MR) is 80.7 cm³/mol. The highest BCUT2D eigenvalue weighted by molar-refractivity contribution is 7.12. The molecule has 1 N–H and O–H groups in total. The molecule has 2 aromatic heterocycles. The van der Waals surface area contributed by atoms with Crippen molar-refractivity contribution in [3.05, 3.63) is 34.5 Å². The van der Waals surface area contributed by atoms with Crippen molar-refractivity contribution in [2.45, 2.75) is 6.04 Å². The normalized spacial score (nSPS) is 19.7. The van der Waals surface area contributed by atoms with E-state index in [2.05, 4.69) is 21.9 Å². The minimum absolute atomic E-state index is 0.0338. The minimum Gasteiger partial charge on any atom is -0.495 e. The highest BCUT2D eigenvalue weighted by Crippen LogP contribution is 2.28. The molecule has 0 unspecified atom stereocenters.